The molecule has 0 spiro atoms. The van der Waals surface area contributed by atoms with E-state index in [1.54, 1.807) is 0 Å². The standard InChI is InChI=1S/C20H21BrN3O3/c1-2-23-5-7-25-19-9-13-17(11-15(19)23)27-18-12-16-20(10-14(18)22-13)26-8-6-24(16)4-3-21/h9-12H,2-8H2,1H3/q+1. The highest BCUT2D eigenvalue weighted by Crippen LogP contribution is 2.44. The molecule has 2 aromatic rings. The average Bonchev–Trinajstić information content (AvgIpc) is 2.69. The Labute approximate surface area is 165 Å². The van der Waals surface area contributed by atoms with Crippen LogP contribution in [-0.4, -0.2) is 44.7 Å². The molecule has 0 bridgehead atoms. The van der Waals surface area contributed by atoms with Gasteiger partial charge in [0.05, 0.1) is 23.6 Å². The van der Waals surface area contributed by atoms with Crippen LogP contribution in [0.4, 0.5) is 11.4 Å². The summed E-state index contributed by atoms with van der Waals surface area (Å²) in [5, 5.41) is 2.77. The number of nitrogens with zero attached hydrogens (tertiary/aromatic N) is 3. The number of halogens is 1. The van der Waals surface area contributed by atoms with Crippen LogP contribution in [0, 0.1) is 0 Å². The summed E-state index contributed by atoms with van der Waals surface area (Å²) in [7, 11) is 0. The normalized spacial score (nSPS) is 16.7. The minimum Gasteiger partial charge on any atom is -0.489 e. The summed E-state index contributed by atoms with van der Waals surface area (Å²) in [6.07, 6.45) is 0. The minimum atomic E-state index is 0.685. The molecule has 0 fully saturated rings. The van der Waals surface area contributed by atoms with Gasteiger partial charge < -0.3 is 19.1 Å². The zero-order valence-electron chi connectivity index (χ0n) is 15.2. The lowest BCUT2D eigenvalue weighted by Crippen LogP contribution is -2.41. The van der Waals surface area contributed by atoms with Crippen LogP contribution in [0.2, 0.25) is 0 Å². The second kappa shape index (κ2) is 6.71. The molecule has 0 saturated heterocycles. The molecule has 5 rings (SSSR count). The first-order valence-corrected chi connectivity index (χ1v) is 10.5. The topological polar surface area (TPSA) is 46.3 Å². The van der Waals surface area contributed by atoms with Gasteiger partial charge in [0, 0.05) is 24.7 Å². The Hall–Kier alpha value is -2.28. The molecule has 0 N–H and O–H groups in total. The number of ether oxygens (including phenoxy) is 3. The Morgan fingerprint density at radius 1 is 1.07 bits per heavy atom. The van der Waals surface area contributed by atoms with Gasteiger partial charge in [-0.3, -0.25) is 0 Å². The maximum atomic E-state index is 6.26. The van der Waals surface area contributed by atoms with Crippen molar-refractivity contribution in [1.82, 2.24) is 4.58 Å². The van der Waals surface area contributed by atoms with Crippen LogP contribution in [0.25, 0.3) is 0 Å². The van der Waals surface area contributed by atoms with E-state index < -0.39 is 0 Å². The average molecular weight is 431 g/mol. The smallest absolute Gasteiger partial charge is 0.246 e. The fraction of sp³-hybridized carbons (Fsp3) is 0.400. The first kappa shape index (κ1) is 16.9. The lowest BCUT2D eigenvalue weighted by Gasteiger charge is -2.31. The van der Waals surface area contributed by atoms with Crippen LogP contribution in [0.3, 0.4) is 0 Å². The van der Waals surface area contributed by atoms with Crippen molar-refractivity contribution in [3.05, 3.63) is 35.0 Å². The highest BCUT2D eigenvalue weighted by Gasteiger charge is 2.25. The molecule has 140 valence electrons. The number of fused-ring (bicyclic) bond motifs is 4. The third kappa shape index (κ3) is 2.84. The molecule has 7 heteroatoms. The van der Waals surface area contributed by atoms with Crippen molar-refractivity contribution in [2.24, 2.45) is 4.99 Å². The lowest BCUT2D eigenvalue weighted by molar-refractivity contribution is 0.273. The summed E-state index contributed by atoms with van der Waals surface area (Å²) in [6.45, 7) is 7.17. The fourth-order valence-corrected chi connectivity index (χ4v) is 4.25. The van der Waals surface area contributed by atoms with Gasteiger partial charge in [-0.2, -0.15) is 0 Å². The Balaban J connectivity index is 1.65. The van der Waals surface area contributed by atoms with Gasteiger partial charge in [0.2, 0.25) is 5.36 Å². The lowest BCUT2D eigenvalue weighted by atomic mass is 10.1. The van der Waals surface area contributed by atoms with Gasteiger partial charge in [-0.25, -0.2) is 9.57 Å². The summed E-state index contributed by atoms with van der Waals surface area (Å²) in [6, 6.07) is 8.05. The van der Waals surface area contributed by atoms with E-state index >= 15 is 0 Å². The van der Waals surface area contributed by atoms with Gasteiger partial charge in [0.15, 0.2) is 30.3 Å². The van der Waals surface area contributed by atoms with E-state index in [1.807, 2.05) is 24.3 Å². The van der Waals surface area contributed by atoms with E-state index in [9.17, 15) is 0 Å². The van der Waals surface area contributed by atoms with Gasteiger partial charge in [-0.05, 0) is 6.92 Å². The zero-order valence-corrected chi connectivity index (χ0v) is 16.8. The van der Waals surface area contributed by atoms with Crippen molar-refractivity contribution >= 4 is 27.3 Å². The van der Waals surface area contributed by atoms with E-state index in [0.29, 0.717) is 13.2 Å². The molecule has 0 aliphatic carbocycles. The van der Waals surface area contributed by atoms with Crippen molar-refractivity contribution in [3.8, 4) is 23.0 Å². The molecule has 0 saturated carbocycles. The van der Waals surface area contributed by atoms with Crippen LogP contribution in [0.1, 0.15) is 6.92 Å². The quantitative estimate of drug-likeness (QED) is 0.472. The third-order valence-corrected chi connectivity index (χ3v) is 5.55. The van der Waals surface area contributed by atoms with Gasteiger partial charge >= 0.3 is 0 Å². The number of hydrogen-bond acceptors (Lipinski definition) is 5. The Kier molecular flexibility index (Phi) is 4.19. The second-order valence-corrected chi connectivity index (χ2v) is 7.53. The highest BCUT2D eigenvalue weighted by atomic mass is 79.9. The van der Waals surface area contributed by atoms with Crippen molar-refractivity contribution in [2.75, 3.05) is 49.6 Å². The fourth-order valence-electron chi connectivity index (χ4n) is 3.82. The molecule has 0 atom stereocenters. The molecule has 2 aromatic carbocycles. The molecule has 6 nitrogen and oxygen atoms in total. The van der Waals surface area contributed by atoms with Gasteiger partial charge in [-0.15, -0.1) is 0 Å². The van der Waals surface area contributed by atoms with E-state index in [1.165, 1.54) is 0 Å². The molecule has 27 heavy (non-hydrogen) atoms. The third-order valence-electron chi connectivity index (χ3n) is 5.20. The molecule has 0 aromatic heterocycles. The van der Waals surface area contributed by atoms with Crippen molar-refractivity contribution in [1.29, 1.82) is 0 Å². The summed E-state index contributed by atoms with van der Waals surface area (Å²) in [5.41, 5.74) is 1.87. The first-order chi connectivity index (χ1) is 13.3. The van der Waals surface area contributed by atoms with Crippen LogP contribution in [0.15, 0.2) is 29.3 Å². The van der Waals surface area contributed by atoms with Crippen LogP contribution in [0.5, 0.6) is 23.0 Å². The summed E-state index contributed by atoms with van der Waals surface area (Å²) >= 11 is 3.53. The summed E-state index contributed by atoms with van der Waals surface area (Å²) in [4.78, 5) is 7.12. The zero-order chi connectivity index (χ0) is 18.4. The van der Waals surface area contributed by atoms with Crippen molar-refractivity contribution < 1.29 is 14.2 Å². The number of hydrogen-bond donors (Lipinski definition) is 0. The largest absolute Gasteiger partial charge is 0.489 e. The predicted octanol–water partition coefficient (Wildman–Crippen LogP) is 2.24. The van der Waals surface area contributed by atoms with Crippen LogP contribution >= 0.6 is 15.9 Å². The molecule has 0 radical (unpaired) electrons. The summed E-state index contributed by atoms with van der Waals surface area (Å²) < 4.78 is 20.3. The number of likely N-dealkylation sites (N-methyl/N-ethyl adjacent to an activating group) is 1. The molecule has 0 unspecified atom stereocenters. The van der Waals surface area contributed by atoms with Crippen molar-refractivity contribution in [2.45, 2.75) is 6.92 Å². The Morgan fingerprint density at radius 2 is 1.96 bits per heavy atom. The maximum absolute atomic E-state index is 6.26. The Bertz CT molecular complexity index is 1040. The van der Waals surface area contributed by atoms with Crippen LogP contribution < -0.4 is 34.4 Å². The number of alkyl halides is 1. The SMILES string of the molecule is CCN1CCOc2cc3c(cc21)Oc1cc2c(cc1=N3)OCC[N+]=2CCBr. The minimum absolute atomic E-state index is 0.685. The van der Waals surface area contributed by atoms with Crippen LogP contribution in [-0.2, 0) is 0 Å². The van der Waals surface area contributed by atoms with E-state index in [2.05, 4.69) is 32.3 Å². The first-order valence-electron chi connectivity index (χ1n) is 9.34. The van der Waals surface area contributed by atoms with Gasteiger partial charge in [0.25, 0.3) is 0 Å². The number of benzene rings is 2. The van der Waals surface area contributed by atoms with E-state index in [0.717, 1.165) is 76.6 Å². The predicted molar refractivity (Wildman–Crippen MR) is 107 cm³/mol. The second-order valence-electron chi connectivity index (χ2n) is 6.74. The summed E-state index contributed by atoms with van der Waals surface area (Å²) in [5.74, 6) is 3.28. The number of rotatable bonds is 3. The Morgan fingerprint density at radius 3 is 2.81 bits per heavy atom. The molecular weight excluding hydrogens is 410 g/mol. The molecule has 3 heterocycles. The molecule has 3 aliphatic heterocycles. The van der Waals surface area contributed by atoms with E-state index in [4.69, 9.17) is 19.2 Å². The molecule has 0 amide bonds. The van der Waals surface area contributed by atoms with E-state index in [-0.39, 0.29) is 0 Å². The molecular formula is C20H21BrN3O3+. The van der Waals surface area contributed by atoms with Gasteiger partial charge in [0.1, 0.15) is 30.0 Å². The number of anilines is 1. The maximum Gasteiger partial charge on any atom is 0.246 e. The monoisotopic (exact) mass is 430 g/mol. The van der Waals surface area contributed by atoms with Crippen molar-refractivity contribution in [3.63, 3.8) is 0 Å². The van der Waals surface area contributed by atoms with Gasteiger partial charge in [-0.1, -0.05) is 15.9 Å². The highest BCUT2D eigenvalue weighted by molar-refractivity contribution is 9.09. The molecule has 3 aliphatic rings.